The molecule has 22 heavy (non-hydrogen) atoms. The first kappa shape index (κ1) is 15.4. The second-order valence-corrected chi connectivity index (χ2v) is 4.63. The summed E-state index contributed by atoms with van der Waals surface area (Å²) in [5.41, 5.74) is 1.54. The van der Waals surface area contributed by atoms with Gasteiger partial charge in [-0.05, 0) is 43.3 Å². The smallest absolute Gasteiger partial charge is 0.262 e. The molecule has 0 unspecified atom stereocenters. The first-order valence-electron chi connectivity index (χ1n) is 6.68. The van der Waals surface area contributed by atoms with E-state index in [0.717, 1.165) is 0 Å². The maximum absolute atomic E-state index is 11.8. The number of hydrogen-bond donors (Lipinski definition) is 1. The molecule has 0 aliphatic heterocycles. The third kappa shape index (κ3) is 4.02. The van der Waals surface area contributed by atoms with E-state index in [1.807, 2.05) is 0 Å². The van der Waals surface area contributed by atoms with Gasteiger partial charge in [0.1, 0.15) is 5.75 Å². The minimum Gasteiger partial charge on any atom is -0.483 e. The number of ether oxygens (including phenoxy) is 1. The van der Waals surface area contributed by atoms with Gasteiger partial charge in [0.15, 0.2) is 18.7 Å². The van der Waals surface area contributed by atoms with E-state index in [1.54, 1.807) is 48.5 Å². The Hall–Kier alpha value is -2.95. The molecule has 5 heteroatoms. The number of ketones is 1. The van der Waals surface area contributed by atoms with Crippen LogP contribution in [-0.4, -0.2) is 24.6 Å². The zero-order chi connectivity index (χ0) is 15.9. The van der Waals surface area contributed by atoms with E-state index in [4.69, 9.17) is 4.74 Å². The quantitative estimate of drug-likeness (QED) is 0.657. The fraction of sp³-hybridized carbons (Fsp3) is 0.118. The molecular weight excluding hydrogens is 282 g/mol. The lowest BCUT2D eigenvalue weighted by Gasteiger charge is -2.09. The van der Waals surface area contributed by atoms with E-state index in [9.17, 15) is 14.4 Å². The summed E-state index contributed by atoms with van der Waals surface area (Å²) >= 11 is 0. The molecule has 0 aliphatic rings. The fourth-order valence-corrected chi connectivity index (χ4v) is 1.84. The Bertz CT molecular complexity index is 692. The molecule has 0 heterocycles. The van der Waals surface area contributed by atoms with E-state index in [0.29, 0.717) is 28.8 Å². The second kappa shape index (κ2) is 7.17. The minimum atomic E-state index is -0.351. The number of benzene rings is 2. The molecule has 112 valence electrons. The van der Waals surface area contributed by atoms with Crippen molar-refractivity contribution in [1.82, 2.24) is 0 Å². The molecule has 2 aromatic rings. The third-order valence-corrected chi connectivity index (χ3v) is 2.98. The predicted molar refractivity (Wildman–Crippen MR) is 82.4 cm³/mol. The van der Waals surface area contributed by atoms with Crippen LogP contribution in [0, 0.1) is 0 Å². The zero-order valence-electron chi connectivity index (χ0n) is 12.0. The molecule has 0 saturated carbocycles. The molecule has 0 spiro atoms. The number of rotatable bonds is 6. The molecule has 5 nitrogen and oxygen atoms in total. The molecular formula is C17H15NO4. The maximum atomic E-state index is 11.8. The number of carbonyl (C=O) groups excluding carboxylic acids is 3. The molecule has 0 fully saturated rings. The largest absolute Gasteiger partial charge is 0.483 e. The topological polar surface area (TPSA) is 72.5 Å². The van der Waals surface area contributed by atoms with Crippen molar-refractivity contribution in [3.8, 4) is 5.75 Å². The Morgan fingerprint density at radius 3 is 2.41 bits per heavy atom. The zero-order valence-corrected chi connectivity index (χ0v) is 12.0. The van der Waals surface area contributed by atoms with Gasteiger partial charge in [0, 0.05) is 11.3 Å². The number of aldehydes is 1. The van der Waals surface area contributed by atoms with E-state index in [1.165, 1.54) is 6.92 Å². The summed E-state index contributed by atoms with van der Waals surface area (Å²) in [6.07, 6.45) is 0.674. The lowest BCUT2D eigenvalue weighted by atomic mass is 10.1. The summed E-state index contributed by atoms with van der Waals surface area (Å²) < 4.78 is 5.33. The van der Waals surface area contributed by atoms with Crippen molar-refractivity contribution >= 4 is 23.7 Å². The Balaban J connectivity index is 1.93. The van der Waals surface area contributed by atoms with E-state index in [2.05, 4.69) is 5.32 Å². The van der Waals surface area contributed by atoms with Crippen LogP contribution >= 0.6 is 0 Å². The number of anilines is 1. The summed E-state index contributed by atoms with van der Waals surface area (Å²) in [5, 5.41) is 2.65. The number of nitrogens with one attached hydrogen (secondary N) is 1. The standard InChI is InChI=1S/C17H15NO4/c1-12(20)13-6-8-15(9-7-13)18-17(21)11-22-16-5-3-2-4-14(16)10-19/h2-10H,11H2,1H3,(H,18,21). The van der Waals surface area contributed by atoms with Crippen LogP contribution in [0.4, 0.5) is 5.69 Å². The number of para-hydroxylation sites is 1. The van der Waals surface area contributed by atoms with Crippen LogP contribution in [0.25, 0.3) is 0 Å². The van der Waals surface area contributed by atoms with E-state index in [-0.39, 0.29) is 18.3 Å². The van der Waals surface area contributed by atoms with E-state index >= 15 is 0 Å². The Kier molecular flexibility index (Phi) is 5.03. The number of amides is 1. The molecule has 2 rings (SSSR count). The third-order valence-electron chi connectivity index (χ3n) is 2.98. The average Bonchev–Trinajstić information content (AvgIpc) is 2.53. The average molecular weight is 297 g/mol. The van der Waals surface area contributed by atoms with Gasteiger partial charge in [-0.3, -0.25) is 14.4 Å². The second-order valence-electron chi connectivity index (χ2n) is 4.63. The molecule has 0 saturated heterocycles. The number of Topliss-reactive ketones (excluding diaryl/α,β-unsaturated/α-hetero) is 1. The number of hydrogen-bond acceptors (Lipinski definition) is 4. The first-order chi connectivity index (χ1) is 10.6. The minimum absolute atomic E-state index is 0.0355. The van der Waals surface area contributed by atoms with Crippen molar-refractivity contribution in [2.75, 3.05) is 11.9 Å². The summed E-state index contributed by atoms with van der Waals surface area (Å²) in [5.74, 6) is -0.0254. The molecule has 0 bridgehead atoms. The summed E-state index contributed by atoms with van der Waals surface area (Å²) in [6, 6.07) is 13.2. The van der Waals surface area contributed by atoms with Crippen molar-refractivity contribution in [2.24, 2.45) is 0 Å². The van der Waals surface area contributed by atoms with Crippen molar-refractivity contribution in [3.63, 3.8) is 0 Å². The van der Waals surface area contributed by atoms with Crippen molar-refractivity contribution in [3.05, 3.63) is 59.7 Å². The van der Waals surface area contributed by atoms with Crippen LogP contribution in [0.3, 0.4) is 0 Å². The molecule has 1 amide bonds. The maximum Gasteiger partial charge on any atom is 0.262 e. The van der Waals surface area contributed by atoms with Crippen LogP contribution in [-0.2, 0) is 4.79 Å². The van der Waals surface area contributed by atoms with Crippen molar-refractivity contribution in [1.29, 1.82) is 0 Å². The summed E-state index contributed by atoms with van der Waals surface area (Å²) in [7, 11) is 0. The summed E-state index contributed by atoms with van der Waals surface area (Å²) in [4.78, 5) is 33.8. The van der Waals surface area contributed by atoms with Gasteiger partial charge in [-0.2, -0.15) is 0 Å². The van der Waals surface area contributed by atoms with Gasteiger partial charge in [0.2, 0.25) is 0 Å². The lowest BCUT2D eigenvalue weighted by molar-refractivity contribution is -0.118. The molecule has 1 N–H and O–H groups in total. The van der Waals surface area contributed by atoms with Gasteiger partial charge in [0.05, 0.1) is 5.56 Å². The SMILES string of the molecule is CC(=O)c1ccc(NC(=O)COc2ccccc2C=O)cc1. The van der Waals surface area contributed by atoms with Crippen LogP contribution in [0.2, 0.25) is 0 Å². The molecule has 0 radical (unpaired) electrons. The van der Waals surface area contributed by atoms with Gasteiger partial charge in [-0.25, -0.2) is 0 Å². The molecule has 0 aliphatic carbocycles. The number of carbonyl (C=O) groups is 3. The first-order valence-corrected chi connectivity index (χ1v) is 6.68. The van der Waals surface area contributed by atoms with Crippen LogP contribution < -0.4 is 10.1 Å². The molecule has 0 atom stereocenters. The monoisotopic (exact) mass is 297 g/mol. The Morgan fingerprint density at radius 2 is 1.77 bits per heavy atom. The molecule has 2 aromatic carbocycles. The van der Waals surface area contributed by atoms with Gasteiger partial charge in [-0.1, -0.05) is 12.1 Å². The van der Waals surface area contributed by atoms with Gasteiger partial charge >= 0.3 is 0 Å². The highest BCUT2D eigenvalue weighted by atomic mass is 16.5. The highest BCUT2D eigenvalue weighted by Crippen LogP contribution is 2.15. The highest BCUT2D eigenvalue weighted by molar-refractivity contribution is 5.96. The van der Waals surface area contributed by atoms with Crippen molar-refractivity contribution in [2.45, 2.75) is 6.92 Å². The van der Waals surface area contributed by atoms with Crippen LogP contribution in [0.5, 0.6) is 5.75 Å². The highest BCUT2D eigenvalue weighted by Gasteiger charge is 2.07. The lowest BCUT2D eigenvalue weighted by Crippen LogP contribution is -2.20. The van der Waals surface area contributed by atoms with Crippen LogP contribution in [0.15, 0.2) is 48.5 Å². The predicted octanol–water partition coefficient (Wildman–Crippen LogP) is 2.72. The normalized spacial score (nSPS) is 9.86. The molecule has 0 aromatic heterocycles. The van der Waals surface area contributed by atoms with Gasteiger partial charge in [0.25, 0.3) is 5.91 Å². The van der Waals surface area contributed by atoms with Crippen LogP contribution in [0.1, 0.15) is 27.6 Å². The van der Waals surface area contributed by atoms with Gasteiger partial charge < -0.3 is 10.1 Å². The van der Waals surface area contributed by atoms with Gasteiger partial charge in [-0.15, -0.1) is 0 Å². The van der Waals surface area contributed by atoms with Crippen molar-refractivity contribution < 1.29 is 19.1 Å². The fourth-order valence-electron chi connectivity index (χ4n) is 1.84. The Morgan fingerprint density at radius 1 is 1.09 bits per heavy atom. The summed E-state index contributed by atoms with van der Waals surface area (Å²) in [6.45, 7) is 1.27. The Labute approximate surface area is 127 Å². The van der Waals surface area contributed by atoms with E-state index < -0.39 is 0 Å².